The van der Waals surface area contributed by atoms with Gasteiger partial charge in [0, 0.05) is 6.42 Å². The third-order valence-corrected chi connectivity index (χ3v) is 6.77. The normalized spacial score (nSPS) is 29.2. The third kappa shape index (κ3) is 3.84. The molecule has 1 amide bonds. The highest BCUT2D eigenvalue weighted by Crippen LogP contribution is 2.41. The number of nitrogens with zero attached hydrogens (tertiary/aromatic N) is 1. The topological polar surface area (TPSA) is 43.4 Å². The van der Waals surface area contributed by atoms with Crippen LogP contribution in [-0.4, -0.2) is 26.6 Å². The van der Waals surface area contributed by atoms with Gasteiger partial charge in [-0.15, -0.1) is 0 Å². The first-order valence-corrected chi connectivity index (χ1v) is 9.60. The van der Waals surface area contributed by atoms with Gasteiger partial charge in [0.1, 0.15) is 0 Å². The van der Waals surface area contributed by atoms with E-state index in [0.717, 1.165) is 25.7 Å². The van der Waals surface area contributed by atoms with Crippen LogP contribution >= 0.6 is 0 Å². The third-order valence-electron chi connectivity index (χ3n) is 4.96. The lowest BCUT2D eigenvalue weighted by Gasteiger charge is -2.24. The van der Waals surface area contributed by atoms with Crippen LogP contribution in [0.5, 0.6) is 0 Å². The molecule has 21 heavy (non-hydrogen) atoms. The monoisotopic (exact) mass is 311 g/mol. The Morgan fingerprint density at radius 3 is 2.43 bits per heavy atom. The Labute approximate surface area is 132 Å². The number of hydrogen-bond donors (Lipinski definition) is 0. The molecule has 2 rings (SSSR count). The number of unbranched alkanes of at least 4 members (excludes halogenated alkanes) is 5. The van der Waals surface area contributed by atoms with E-state index in [1.165, 1.54) is 36.8 Å². The molecule has 3 unspecified atom stereocenters. The van der Waals surface area contributed by atoms with E-state index in [-0.39, 0.29) is 17.1 Å². The average molecular weight is 311 g/mol. The van der Waals surface area contributed by atoms with Crippen LogP contribution in [0.2, 0.25) is 0 Å². The second-order valence-corrected chi connectivity index (χ2v) is 8.20. The van der Waals surface area contributed by atoms with Crippen molar-refractivity contribution in [2.24, 2.45) is 5.92 Å². The molecule has 0 aromatic heterocycles. The van der Waals surface area contributed by atoms with E-state index in [4.69, 9.17) is 0 Å². The van der Waals surface area contributed by atoms with Crippen LogP contribution in [0.15, 0.2) is 11.1 Å². The van der Waals surface area contributed by atoms with Crippen LogP contribution < -0.4 is 0 Å². The molecule has 1 saturated heterocycles. The molecule has 0 saturated carbocycles. The van der Waals surface area contributed by atoms with E-state index < -0.39 is 11.4 Å². The number of carbonyl (C=O) groups excluding carboxylic acids is 1. The summed E-state index contributed by atoms with van der Waals surface area (Å²) >= 11 is -1.10. The molecular weight excluding hydrogens is 282 g/mol. The zero-order valence-electron chi connectivity index (χ0n) is 13.7. The number of fused-ring (bicyclic) bond motifs is 1. The van der Waals surface area contributed by atoms with Crippen molar-refractivity contribution >= 4 is 17.3 Å². The zero-order valence-corrected chi connectivity index (χ0v) is 14.5. The van der Waals surface area contributed by atoms with Gasteiger partial charge in [0.15, 0.2) is 5.25 Å². The molecule has 120 valence electrons. The van der Waals surface area contributed by atoms with Crippen molar-refractivity contribution in [3.05, 3.63) is 11.1 Å². The van der Waals surface area contributed by atoms with Crippen molar-refractivity contribution in [2.45, 2.75) is 77.4 Å². The molecule has 0 aromatic rings. The number of allylic oxidation sites excluding steroid dienone is 2. The summed E-state index contributed by atoms with van der Waals surface area (Å²) in [6, 6.07) is 0. The Kier molecular flexibility index (Phi) is 6.18. The molecule has 2 aliphatic rings. The Morgan fingerprint density at radius 2 is 1.71 bits per heavy atom. The molecule has 0 N–H and O–H groups in total. The minimum absolute atomic E-state index is 0.0189. The van der Waals surface area contributed by atoms with Gasteiger partial charge in [0.25, 0.3) is 5.91 Å². The molecule has 4 heteroatoms. The summed E-state index contributed by atoms with van der Waals surface area (Å²) in [5, 5.41) is 0.0429. The van der Waals surface area contributed by atoms with E-state index in [2.05, 4.69) is 20.8 Å². The van der Waals surface area contributed by atoms with E-state index >= 15 is 0 Å². The van der Waals surface area contributed by atoms with Gasteiger partial charge in [0.05, 0.1) is 23.8 Å². The molecular formula is C17H29NO2S. The summed E-state index contributed by atoms with van der Waals surface area (Å²) in [5.41, 5.74) is 2.65. The first-order valence-electron chi connectivity index (χ1n) is 8.43. The first-order chi connectivity index (χ1) is 10.1. The van der Waals surface area contributed by atoms with Crippen molar-refractivity contribution in [3.63, 3.8) is 0 Å². The Balaban J connectivity index is 1.82. The van der Waals surface area contributed by atoms with Crippen LogP contribution in [0, 0.1) is 5.92 Å². The SMILES string of the molecule is CCCCCCCCN1C(=O)C2CC(C)=C(C)CC2[S+]1[O-]. The summed E-state index contributed by atoms with van der Waals surface area (Å²) in [4.78, 5) is 12.5. The minimum atomic E-state index is -1.10. The molecule has 1 fully saturated rings. The van der Waals surface area contributed by atoms with Crippen LogP contribution in [0.3, 0.4) is 0 Å². The second kappa shape index (κ2) is 7.68. The van der Waals surface area contributed by atoms with E-state index in [1.54, 1.807) is 4.31 Å². The summed E-state index contributed by atoms with van der Waals surface area (Å²) in [7, 11) is 0. The highest BCUT2D eigenvalue weighted by molar-refractivity contribution is 7.90. The van der Waals surface area contributed by atoms with E-state index in [1.807, 2.05) is 0 Å². The molecule has 0 bridgehead atoms. The fourth-order valence-electron chi connectivity index (χ4n) is 3.38. The summed E-state index contributed by atoms with van der Waals surface area (Å²) < 4.78 is 14.2. The second-order valence-electron chi connectivity index (χ2n) is 6.60. The van der Waals surface area contributed by atoms with Gasteiger partial charge in [-0.05, 0) is 26.7 Å². The lowest BCUT2D eigenvalue weighted by molar-refractivity contribution is -0.129. The van der Waals surface area contributed by atoms with Gasteiger partial charge in [-0.1, -0.05) is 50.2 Å². The fraction of sp³-hybridized carbons (Fsp3) is 0.824. The summed E-state index contributed by atoms with van der Waals surface area (Å²) in [6.07, 6.45) is 8.84. The smallest absolute Gasteiger partial charge is 0.272 e. The van der Waals surface area contributed by atoms with Crippen LogP contribution in [0.4, 0.5) is 0 Å². The summed E-state index contributed by atoms with van der Waals surface area (Å²) in [6.45, 7) is 7.12. The van der Waals surface area contributed by atoms with Crippen molar-refractivity contribution in [1.82, 2.24) is 4.31 Å². The molecule has 1 aliphatic heterocycles. The Bertz CT molecular complexity index is 408. The number of carbonyl (C=O) groups is 1. The van der Waals surface area contributed by atoms with E-state index in [9.17, 15) is 9.35 Å². The molecule has 0 spiro atoms. The van der Waals surface area contributed by atoms with E-state index in [0.29, 0.717) is 6.54 Å². The molecule has 0 radical (unpaired) electrons. The van der Waals surface area contributed by atoms with Gasteiger partial charge in [-0.25, -0.2) is 0 Å². The van der Waals surface area contributed by atoms with Crippen LogP contribution in [0.1, 0.15) is 72.1 Å². The molecule has 0 aromatic carbocycles. The predicted octanol–water partition coefficient (Wildman–Crippen LogP) is 3.97. The van der Waals surface area contributed by atoms with Crippen molar-refractivity contribution in [2.75, 3.05) is 6.54 Å². The lowest BCUT2D eigenvalue weighted by atomic mass is 9.84. The quantitative estimate of drug-likeness (QED) is 0.406. The van der Waals surface area contributed by atoms with Gasteiger partial charge in [0.2, 0.25) is 0 Å². The molecule has 1 aliphatic carbocycles. The number of rotatable bonds is 7. The molecule has 3 atom stereocenters. The number of hydrogen-bond acceptors (Lipinski definition) is 2. The lowest BCUT2D eigenvalue weighted by Crippen LogP contribution is -2.32. The van der Waals surface area contributed by atoms with Crippen LogP contribution in [0.25, 0.3) is 0 Å². The maximum Gasteiger partial charge on any atom is 0.272 e. The average Bonchev–Trinajstić information content (AvgIpc) is 2.68. The maximum absolute atomic E-state index is 12.6. The highest BCUT2D eigenvalue weighted by atomic mass is 32.2. The largest absolute Gasteiger partial charge is 0.593 e. The fourth-order valence-corrected chi connectivity index (χ4v) is 5.22. The van der Waals surface area contributed by atoms with Gasteiger partial charge < -0.3 is 4.55 Å². The van der Waals surface area contributed by atoms with Crippen LogP contribution in [-0.2, 0) is 16.2 Å². The van der Waals surface area contributed by atoms with Crippen molar-refractivity contribution in [3.8, 4) is 0 Å². The van der Waals surface area contributed by atoms with Crippen molar-refractivity contribution < 1.29 is 9.35 Å². The summed E-state index contributed by atoms with van der Waals surface area (Å²) in [5.74, 6) is 0.119. The number of amides is 1. The predicted molar refractivity (Wildman–Crippen MR) is 88.1 cm³/mol. The standard InChI is InChI=1S/C17H29NO2S/c1-4-5-6-7-8-9-10-18-17(19)15-11-13(2)14(3)12-16(15)21(18)20/h15-16H,4-12H2,1-3H3. The molecule has 3 nitrogen and oxygen atoms in total. The maximum atomic E-state index is 12.6. The van der Waals surface area contributed by atoms with Gasteiger partial charge in [-0.3, -0.25) is 4.79 Å². The Hall–Kier alpha value is -0.480. The van der Waals surface area contributed by atoms with Gasteiger partial charge in [-0.2, -0.15) is 4.31 Å². The molecule has 1 heterocycles. The zero-order chi connectivity index (χ0) is 15.4. The minimum Gasteiger partial charge on any atom is -0.593 e. The highest BCUT2D eigenvalue weighted by Gasteiger charge is 2.53. The van der Waals surface area contributed by atoms with Crippen molar-refractivity contribution in [1.29, 1.82) is 0 Å². The Morgan fingerprint density at radius 1 is 1.10 bits per heavy atom. The van der Waals surface area contributed by atoms with Gasteiger partial charge >= 0.3 is 0 Å². The first kappa shape index (κ1) is 16.9.